The molecule has 3 N–H and O–H groups in total. The van der Waals surface area contributed by atoms with Crippen molar-refractivity contribution in [1.29, 1.82) is 0 Å². The van der Waals surface area contributed by atoms with Gasteiger partial charge in [0.25, 0.3) is 5.91 Å². The average molecular weight is 364 g/mol. The highest BCUT2D eigenvalue weighted by Gasteiger charge is 2.19. The highest BCUT2D eigenvalue weighted by Crippen LogP contribution is 2.23. The highest BCUT2D eigenvalue weighted by molar-refractivity contribution is 9.10. The molecule has 2 aromatic rings. The van der Waals surface area contributed by atoms with E-state index in [1.165, 1.54) is 6.20 Å². The van der Waals surface area contributed by atoms with Crippen LogP contribution in [-0.4, -0.2) is 23.0 Å². The number of nitrogens with one attached hydrogen (secondary N) is 1. The summed E-state index contributed by atoms with van der Waals surface area (Å²) >= 11 is 3.38. The van der Waals surface area contributed by atoms with Gasteiger partial charge in [0.1, 0.15) is 5.75 Å². The lowest BCUT2D eigenvalue weighted by atomic mass is 10.1. The van der Waals surface area contributed by atoms with Gasteiger partial charge in [-0.3, -0.25) is 4.79 Å². The summed E-state index contributed by atoms with van der Waals surface area (Å²) < 4.78 is 6.54. The number of hydrogen-bond donors (Lipinski definition) is 2. The first-order valence-electron chi connectivity index (χ1n) is 6.82. The van der Waals surface area contributed by atoms with Gasteiger partial charge in [-0.25, -0.2) is 4.98 Å². The molecule has 0 aliphatic rings. The van der Waals surface area contributed by atoms with Gasteiger partial charge in [0.15, 0.2) is 0 Å². The molecular formula is C16H18BrN3O2. The molecule has 5 nitrogen and oxygen atoms in total. The first-order chi connectivity index (χ1) is 10.4. The molecule has 1 aromatic heterocycles. The largest absolute Gasteiger partial charge is 0.439 e. The predicted octanol–water partition coefficient (Wildman–Crippen LogP) is 3.10. The Kier molecular flexibility index (Phi) is 5.15. The van der Waals surface area contributed by atoms with Gasteiger partial charge in [-0.2, -0.15) is 0 Å². The zero-order chi connectivity index (χ0) is 16.2. The maximum absolute atomic E-state index is 12.1. The van der Waals surface area contributed by atoms with Gasteiger partial charge in [-0.15, -0.1) is 0 Å². The summed E-state index contributed by atoms with van der Waals surface area (Å²) in [7, 11) is 0. The number of carbonyl (C=O) groups is 1. The SMILES string of the molecule is CC(C)(CN)NC(=O)c1ccc(Oc2cccc(Br)c2)nc1. The number of benzene rings is 1. The van der Waals surface area contributed by atoms with Crippen molar-refractivity contribution >= 4 is 21.8 Å². The molecule has 0 saturated heterocycles. The quantitative estimate of drug-likeness (QED) is 0.855. The van der Waals surface area contributed by atoms with Crippen LogP contribution in [0.4, 0.5) is 0 Å². The van der Waals surface area contributed by atoms with Gasteiger partial charge in [-0.1, -0.05) is 22.0 Å². The summed E-state index contributed by atoms with van der Waals surface area (Å²) in [5, 5.41) is 2.85. The fraction of sp³-hybridized carbons (Fsp3) is 0.250. The van der Waals surface area contributed by atoms with Crippen LogP contribution in [0.25, 0.3) is 0 Å². The number of nitrogens with zero attached hydrogens (tertiary/aromatic N) is 1. The smallest absolute Gasteiger partial charge is 0.253 e. The second-order valence-electron chi connectivity index (χ2n) is 5.49. The molecule has 2 rings (SSSR count). The second kappa shape index (κ2) is 6.89. The number of pyridine rings is 1. The van der Waals surface area contributed by atoms with E-state index in [2.05, 4.69) is 26.2 Å². The van der Waals surface area contributed by atoms with E-state index in [1.54, 1.807) is 12.1 Å². The lowest BCUT2D eigenvalue weighted by Crippen LogP contribution is -2.48. The Morgan fingerprint density at radius 2 is 2.14 bits per heavy atom. The summed E-state index contributed by atoms with van der Waals surface area (Å²) in [5.74, 6) is 0.882. The molecule has 0 bridgehead atoms. The van der Waals surface area contributed by atoms with Gasteiger partial charge in [0.2, 0.25) is 5.88 Å². The summed E-state index contributed by atoms with van der Waals surface area (Å²) in [5.41, 5.74) is 5.61. The van der Waals surface area contributed by atoms with Crippen LogP contribution in [0, 0.1) is 0 Å². The molecular weight excluding hydrogens is 346 g/mol. The molecule has 1 heterocycles. The molecule has 1 aromatic carbocycles. The number of rotatable bonds is 5. The van der Waals surface area contributed by atoms with Crippen LogP contribution in [0.5, 0.6) is 11.6 Å². The Labute approximate surface area is 138 Å². The Bertz CT molecular complexity index is 657. The third-order valence-corrected chi connectivity index (χ3v) is 3.47. The summed E-state index contributed by atoms with van der Waals surface area (Å²) in [4.78, 5) is 16.2. The lowest BCUT2D eigenvalue weighted by molar-refractivity contribution is 0.0915. The summed E-state index contributed by atoms with van der Waals surface area (Å²) in [6.45, 7) is 4.09. The van der Waals surface area contributed by atoms with Crippen LogP contribution in [0.3, 0.4) is 0 Å². The van der Waals surface area contributed by atoms with Crippen molar-refractivity contribution in [3.63, 3.8) is 0 Å². The van der Waals surface area contributed by atoms with Crippen LogP contribution >= 0.6 is 15.9 Å². The lowest BCUT2D eigenvalue weighted by Gasteiger charge is -2.24. The van der Waals surface area contributed by atoms with Crippen LogP contribution < -0.4 is 15.8 Å². The molecule has 0 radical (unpaired) electrons. The monoisotopic (exact) mass is 363 g/mol. The van der Waals surface area contributed by atoms with E-state index in [0.29, 0.717) is 23.7 Å². The van der Waals surface area contributed by atoms with Crippen molar-refractivity contribution in [3.8, 4) is 11.6 Å². The summed E-state index contributed by atoms with van der Waals surface area (Å²) in [6.07, 6.45) is 1.48. The van der Waals surface area contributed by atoms with Crippen molar-refractivity contribution in [2.24, 2.45) is 5.73 Å². The first kappa shape index (κ1) is 16.5. The van der Waals surface area contributed by atoms with Crippen LogP contribution in [0.1, 0.15) is 24.2 Å². The first-order valence-corrected chi connectivity index (χ1v) is 7.61. The second-order valence-corrected chi connectivity index (χ2v) is 6.40. The molecule has 6 heteroatoms. The minimum absolute atomic E-state index is 0.211. The minimum Gasteiger partial charge on any atom is -0.439 e. The Hall–Kier alpha value is -1.92. The normalized spacial score (nSPS) is 11.1. The molecule has 0 saturated carbocycles. The van der Waals surface area contributed by atoms with E-state index in [1.807, 2.05) is 38.1 Å². The third kappa shape index (κ3) is 4.54. The molecule has 0 spiro atoms. The molecule has 0 aliphatic heterocycles. The zero-order valence-corrected chi connectivity index (χ0v) is 14.1. The maximum Gasteiger partial charge on any atom is 0.253 e. The Morgan fingerprint density at radius 1 is 1.36 bits per heavy atom. The van der Waals surface area contributed by atoms with Crippen LogP contribution in [0.2, 0.25) is 0 Å². The van der Waals surface area contributed by atoms with Crippen molar-refractivity contribution in [2.75, 3.05) is 6.54 Å². The van der Waals surface area contributed by atoms with E-state index in [0.717, 1.165) is 4.47 Å². The average Bonchev–Trinajstić information content (AvgIpc) is 2.47. The molecule has 0 atom stereocenters. The zero-order valence-electron chi connectivity index (χ0n) is 12.5. The molecule has 0 aliphatic carbocycles. The molecule has 0 unspecified atom stereocenters. The Morgan fingerprint density at radius 3 is 2.73 bits per heavy atom. The fourth-order valence-corrected chi connectivity index (χ4v) is 2.03. The van der Waals surface area contributed by atoms with Crippen molar-refractivity contribution in [2.45, 2.75) is 19.4 Å². The topological polar surface area (TPSA) is 77.2 Å². The van der Waals surface area contributed by atoms with Crippen molar-refractivity contribution in [1.82, 2.24) is 10.3 Å². The number of nitrogens with two attached hydrogens (primary N) is 1. The van der Waals surface area contributed by atoms with Crippen molar-refractivity contribution < 1.29 is 9.53 Å². The standard InChI is InChI=1S/C16H18BrN3O2/c1-16(2,10-18)20-15(21)11-6-7-14(19-9-11)22-13-5-3-4-12(17)8-13/h3-9H,10,18H2,1-2H3,(H,20,21). The van der Waals surface area contributed by atoms with Gasteiger partial charge in [0, 0.05) is 28.8 Å². The van der Waals surface area contributed by atoms with Gasteiger partial charge in [-0.05, 0) is 38.1 Å². The van der Waals surface area contributed by atoms with Crippen LogP contribution in [-0.2, 0) is 0 Å². The van der Waals surface area contributed by atoms with Gasteiger partial charge in [0.05, 0.1) is 5.56 Å². The predicted molar refractivity (Wildman–Crippen MR) is 89.1 cm³/mol. The fourth-order valence-electron chi connectivity index (χ4n) is 1.66. The molecule has 22 heavy (non-hydrogen) atoms. The van der Waals surface area contributed by atoms with Gasteiger partial charge < -0.3 is 15.8 Å². The highest BCUT2D eigenvalue weighted by atomic mass is 79.9. The molecule has 0 fully saturated rings. The molecule has 1 amide bonds. The minimum atomic E-state index is -0.456. The Balaban J connectivity index is 2.05. The number of halogens is 1. The van der Waals surface area contributed by atoms with E-state index in [9.17, 15) is 4.79 Å². The number of ether oxygens (including phenoxy) is 1. The number of hydrogen-bond acceptors (Lipinski definition) is 4. The number of carbonyl (C=O) groups excluding carboxylic acids is 1. The van der Waals surface area contributed by atoms with E-state index >= 15 is 0 Å². The van der Waals surface area contributed by atoms with E-state index in [-0.39, 0.29) is 5.91 Å². The van der Waals surface area contributed by atoms with Gasteiger partial charge >= 0.3 is 0 Å². The number of amides is 1. The molecule has 116 valence electrons. The maximum atomic E-state index is 12.1. The van der Waals surface area contributed by atoms with E-state index in [4.69, 9.17) is 10.5 Å². The third-order valence-electron chi connectivity index (χ3n) is 2.98. The number of aromatic nitrogens is 1. The van der Waals surface area contributed by atoms with E-state index < -0.39 is 5.54 Å². The van der Waals surface area contributed by atoms with Crippen molar-refractivity contribution in [3.05, 3.63) is 52.6 Å². The van der Waals surface area contributed by atoms with Crippen LogP contribution in [0.15, 0.2) is 47.1 Å². The summed E-state index contributed by atoms with van der Waals surface area (Å²) in [6, 6.07) is 10.8.